The molecule has 2 amide bonds. The zero-order chi connectivity index (χ0) is 26.0. The predicted molar refractivity (Wildman–Crippen MR) is 137 cm³/mol. The summed E-state index contributed by atoms with van der Waals surface area (Å²) >= 11 is 0. The summed E-state index contributed by atoms with van der Waals surface area (Å²) in [6, 6.07) is 12.3. The van der Waals surface area contributed by atoms with Gasteiger partial charge in [-0.25, -0.2) is 12.8 Å². The molecule has 0 bridgehead atoms. The van der Waals surface area contributed by atoms with Crippen LogP contribution in [0.1, 0.15) is 50.7 Å². The minimum Gasteiger partial charge on any atom is -0.354 e. The minimum atomic E-state index is -3.63. The van der Waals surface area contributed by atoms with Crippen LogP contribution in [0.3, 0.4) is 0 Å². The van der Waals surface area contributed by atoms with Crippen LogP contribution >= 0.6 is 0 Å². The lowest BCUT2D eigenvalue weighted by Gasteiger charge is -2.31. The van der Waals surface area contributed by atoms with Gasteiger partial charge in [-0.15, -0.1) is 0 Å². The number of sulfonamides is 1. The van der Waals surface area contributed by atoms with E-state index in [1.165, 1.54) is 24.3 Å². The molecule has 35 heavy (non-hydrogen) atoms. The van der Waals surface area contributed by atoms with E-state index in [2.05, 4.69) is 5.32 Å². The molecule has 0 spiro atoms. The number of aryl methyl sites for hydroxylation is 1. The number of nitrogens with one attached hydrogen (secondary N) is 1. The molecule has 2 aromatic rings. The Morgan fingerprint density at radius 3 is 2.29 bits per heavy atom. The maximum atomic E-state index is 13.4. The van der Waals surface area contributed by atoms with E-state index in [1.807, 2.05) is 45.0 Å². The van der Waals surface area contributed by atoms with E-state index >= 15 is 0 Å². The van der Waals surface area contributed by atoms with Crippen LogP contribution in [0.2, 0.25) is 0 Å². The third-order valence-corrected chi connectivity index (χ3v) is 7.00. The van der Waals surface area contributed by atoms with Crippen LogP contribution in [0.5, 0.6) is 0 Å². The van der Waals surface area contributed by atoms with Gasteiger partial charge in [0.2, 0.25) is 21.8 Å². The van der Waals surface area contributed by atoms with Gasteiger partial charge in [0.15, 0.2) is 0 Å². The quantitative estimate of drug-likeness (QED) is 0.446. The number of hydrogen-bond donors (Lipinski definition) is 1. The molecule has 0 aromatic heterocycles. The van der Waals surface area contributed by atoms with Crippen LogP contribution in [0, 0.1) is 12.7 Å². The van der Waals surface area contributed by atoms with Gasteiger partial charge in [0.25, 0.3) is 0 Å². The van der Waals surface area contributed by atoms with Crippen LogP contribution in [0.4, 0.5) is 10.1 Å². The molecule has 0 heterocycles. The SMILES string of the molecule is CCCNC(=O)[C@@H](CC)N(Cc1ccccc1C)C(=O)CCCN(c1ccc(F)cc1)S(C)(=O)=O. The van der Waals surface area contributed by atoms with Crippen molar-refractivity contribution in [1.82, 2.24) is 10.2 Å². The smallest absolute Gasteiger partial charge is 0.242 e. The van der Waals surface area contributed by atoms with Gasteiger partial charge in [-0.1, -0.05) is 38.1 Å². The summed E-state index contributed by atoms with van der Waals surface area (Å²) in [5.74, 6) is -0.879. The number of hydrogen-bond acceptors (Lipinski definition) is 4. The minimum absolute atomic E-state index is 0.0627. The molecular weight excluding hydrogens is 469 g/mol. The van der Waals surface area contributed by atoms with Crippen molar-refractivity contribution in [3.63, 3.8) is 0 Å². The molecule has 0 fully saturated rings. The van der Waals surface area contributed by atoms with Crippen molar-refractivity contribution in [2.45, 2.75) is 59.0 Å². The van der Waals surface area contributed by atoms with Gasteiger partial charge in [0, 0.05) is 26.1 Å². The molecule has 1 N–H and O–H groups in total. The first-order valence-electron chi connectivity index (χ1n) is 11.9. The Hall–Kier alpha value is -2.94. The van der Waals surface area contributed by atoms with Gasteiger partial charge in [-0.3, -0.25) is 13.9 Å². The Morgan fingerprint density at radius 1 is 1.06 bits per heavy atom. The normalized spacial score (nSPS) is 12.1. The van der Waals surface area contributed by atoms with Crippen LogP contribution in [0.25, 0.3) is 0 Å². The number of carbonyl (C=O) groups excluding carboxylic acids is 2. The zero-order valence-corrected chi connectivity index (χ0v) is 21.8. The summed E-state index contributed by atoms with van der Waals surface area (Å²) in [6.07, 6.45) is 2.64. The van der Waals surface area contributed by atoms with Gasteiger partial charge in [0.05, 0.1) is 11.9 Å². The Labute approximate surface area is 208 Å². The first-order valence-corrected chi connectivity index (χ1v) is 13.8. The van der Waals surface area contributed by atoms with E-state index in [0.29, 0.717) is 18.7 Å². The molecule has 7 nitrogen and oxygen atoms in total. The summed E-state index contributed by atoms with van der Waals surface area (Å²) in [5, 5.41) is 2.89. The van der Waals surface area contributed by atoms with Crippen molar-refractivity contribution in [1.29, 1.82) is 0 Å². The number of anilines is 1. The molecule has 9 heteroatoms. The first kappa shape index (κ1) is 28.3. The molecule has 0 saturated carbocycles. The number of amides is 2. The van der Waals surface area contributed by atoms with Crippen LogP contribution in [-0.2, 0) is 26.2 Å². The second-order valence-electron chi connectivity index (χ2n) is 8.58. The number of halogens is 1. The molecule has 0 unspecified atom stereocenters. The van der Waals surface area contributed by atoms with Crippen molar-refractivity contribution >= 4 is 27.5 Å². The van der Waals surface area contributed by atoms with Gasteiger partial charge in [0.1, 0.15) is 11.9 Å². The van der Waals surface area contributed by atoms with E-state index in [-0.39, 0.29) is 37.7 Å². The number of carbonyl (C=O) groups is 2. The highest BCUT2D eigenvalue weighted by Gasteiger charge is 2.29. The van der Waals surface area contributed by atoms with Crippen LogP contribution < -0.4 is 9.62 Å². The fourth-order valence-electron chi connectivity index (χ4n) is 3.87. The van der Waals surface area contributed by atoms with E-state index in [1.54, 1.807) is 4.90 Å². The fourth-order valence-corrected chi connectivity index (χ4v) is 4.83. The highest BCUT2D eigenvalue weighted by Crippen LogP contribution is 2.20. The van der Waals surface area contributed by atoms with Crippen molar-refractivity contribution in [3.05, 3.63) is 65.5 Å². The van der Waals surface area contributed by atoms with Crippen molar-refractivity contribution < 1.29 is 22.4 Å². The largest absolute Gasteiger partial charge is 0.354 e. The highest BCUT2D eigenvalue weighted by atomic mass is 32.2. The van der Waals surface area contributed by atoms with Gasteiger partial charge in [-0.2, -0.15) is 0 Å². The molecular formula is C26H36FN3O4S. The Balaban J connectivity index is 2.20. The van der Waals surface area contributed by atoms with Crippen LogP contribution in [0.15, 0.2) is 48.5 Å². The standard InChI is InChI=1S/C26H36FN3O4S/c1-5-17-28-26(32)24(6-2)29(19-21-11-8-7-10-20(21)3)25(31)12-9-18-30(35(4,33)34)23-15-13-22(27)14-16-23/h7-8,10-11,13-16,24H,5-6,9,12,17-19H2,1-4H3,(H,28,32)/t24-/m1/s1. The van der Waals surface area contributed by atoms with Crippen molar-refractivity contribution in [3.8, 4) is 0 Å². The molecule has 192 valence electrons. The van der Waals surface area contributed by atoms with E-state index in [0.717, 1.165) is 28.1 Å². The lowest BCUT2D eigenvalue weighted by molar-refractivity contribution is -0.141. The van der Waals surface area contributed by atoms with Gasteiger partial charge >= 0.3 is 0 Å². The van der Waals surface area contributed by atoms with Crippen LogP contribution in [-0.4, -0.2) is 50.5 Å². The van der Waals surface area contributed by atoms with E-state index in [4.69, 9.17) is 0 Å². The average molecular weight is 506 g/mol. The van der Waals surface area contributed by atoms with E-state index < -0.39 is 21.9 Å². The van der Waals surface area contributed by atoms with E-state index in [9.17, 15) is 22.4 Å². The summed E-state index contributed by atoms with van der Waals surface area (Å²) in [7, 11) is -3.63. The Kier molecular flexibility index (Phi) is 10.7. The monoisotopic (exact) mass is 505 g/mol. The topological polar surface area (TPSA) is 86.8 Å². The molecule has 0 radical (unpaired) electrons. The average Bonchev–Trinajstić information content (AvgIpc) is 2.81. The van der Waals surface area contributed by atoms with Crippen molar-refractivity contribution in [2.24, 2.45) is 0 Å². The summed E-state index contributed by atoms with van der Waals surface area (Å²) < 4.78 is 39.1. The maximum absolute atomic E-state index is 13.4. The fraction of sp³-hybridized carbons (Fsp3) is 0.462. The summed E-state index contributed by atoms with van der Waals surface area (Å²) in [6.45, 7) is 6.68. The zero-order valence-electron chi connectivity index (χ0n) is 21.0. The molecule has 2 rings (SSSR count). The Morgan fingerprint density at radius 2 is 1.71 bits per heavy atom. The molecule has 0 saturated heterocycles. The van der Waals surface area contributed by atoms with Gasteiger partial charge < -0.3 is 10.2 Å². The number of benzene rings is 2. The molecule has 1 atom stereocenters. The lowest BCUT2D eigenvalue weighted by atomic mass is 10.1. The summed E-state index contributed by atoms with van der Waals surface area (Å²) in [5.41, 5.74) is 2.31. The molecule has 0 aliphatic heterocycles. The van der Waals surface area contributed by atoms with Crippen molar-refractivity contribution in [2.75, 3.05) is 23.7 Å². The lowest BCUT2D eigenvalue weighted by Crippen LogP contribution is -2.49. The molecule has 0 aliphatic rings. The highest BCUT2D eigenvalue weighted by molar-refractivity contribution is 7.92. The molecule has 0 aliphatic carbocycles. The molecule has 2 aromatic carbocycles. The second kappa shape index (κ2) is 13.2. The number of nitrogens with zero attached hydrogens (tertiary/aromatic N) is 2. The summed E-state index contributed by atoms with van der Waals surface area (Å²) in [4.78, 5) is 27.8. The second-order valence-corrected chi connectivity index (χ2v) is 10.5. The maximum Gasteiger partial charge on any atom is 0.242 e. The third kappa shape index (κ3) is 8.35. The van der Waals surface area contributed by atoms with Gasteiger partial charge in [-0.05, 0) is 61.6 Å². The first-order chi connectivity index (χ1) is 16.6. The third-order valence-electron chi connectivity index (χ3n) is 5.80. The predicted octanol–water partition coefficient (Wildman–Crippen LogP) is 4.01. The number of rotatable bonds is 13. The Bertz CT molecular complexity index is 1090.